The molecule has 1 aromatic heterocycles. The van der Waals surface area contributed by atoms with E-state index < -0.39 is 0 Å². The zero-order valence-corrected chi connectivity index (χ0v) is 11.6. The summed E-state index contributed by atoms with van der Waals surface area (Å²) in [5.74, 6) is 0.126. The summed E-state index contributed by atoms with van der Waals surface area (Å²) in [4.78, 5) is 18.9. The fourth-order valence-electron chi connectivity index (χ4n) is 2.53. The van der Waals surface area contributed by atoms with Crippen LogP contribution in [0.3, 0.4) is 0 Å². The van der Waals surface area contributed by atoms with Gasteiger partial charge in [0.2, 0.25) is 0 Å². The third kappa shape index (κ3) is 2.93. The van der Waals surface area contributed by atoms with E-state index in [0.717, 1.165) is 16.3 Å². The first-order valence-corrected chi connectivity index (χ1v) is 7.11. The van der Waals surface area contributed by atoms with E-state index in [1.54, 1.807) is 24.5 Å². The molecule has 0 spiro atoms. The predicted molar refractivity (Wildman–Crippen MR) is 70.7 cm³/mol. The van der Waals surface area contributed by atoms with Crippen molar-refractivity contribution in [3.8, 4) is 0 Å². The smallest absolute Gasteiger partial charge is 0.171 e. The summed E-state index contributed by atoms with van der Waals surface area (Å²) in [5, 5.41) is 1.10. The highest BCUT2D eigenvalue weighted by Crippen LogP contribution is 2.25. The number of ketones is 1. The van der Waals surface area contributed by atoms with Gasteiger partial charge >= 0.3 is 0 Å². The van der Waals surface area contributed by atoms with Crippen LogP contribution in [0.2, 0.25) is 0 Å². The van der Waals surface area contributed by atoms with Gasteiger partial charge in [0, 0.05) is 31.6 Å². The molecule has 0 aliphatic carbocycles. The monoisotopic (exact) mass is 252 g/mol. The summed E-state index contributed by atoms with van der Waals surface area (Å²) in [6, 6.07) is 1.22. The highest BCUT2D eigenvalue weighted by molar-refractivity contribution is 7.13. The van der Waals surface area contributed by atoms with E-state index in [1.165, 1.54) is 19.4 Å². The normalized spacial score (nSPS) is 21.3. The number of likely N-dealkylation sites (tertiary alicyclic amines) is 1. The van der Waals surface area contributed by atoms with Crippen LogP contribution in [0.15, 0.2) is 6.20 Å². The molecule has 0 N–H and O–H groups in total. The maximum Gasteiger partial charge on any atom is 0.171 e. The molecule has 1 aliphatic rings. The lowest BCUT2D eigenvalue weighted by atomic mass is 10.1. The molecule has 3 nitrogen and oxygen atoms in total. The Hall–Kier alpha value is -0.740. The second-order valence-electron chi connectivity index (χ2n) is 5.01. The molecule has 2 rings (SSSR count). The number of hydrogen-bond donors (Lipinski definition) is 0. The number of Topliss-reactive ketones (excluding diaryl/α,β-unsaturated/α-hetero) is 1. The fraction of sp³-hybridized carbons (Fsp3) is 0.692. The molecule has 1 unspecified atom stereocenters. The number of carbonyl (C=O) groups is 1. The first-order valence-electron chi connectivity index (χ1n) is 6.29. The molecule has 1 aliphatic heterocycles. The Morgan fingerprint density at radius 1 is 1.65 bits per heavy atom. The van der Waals surface area contributed by atoms with Crippen LogP contribution in [-0.4, -0.2) is 34.3 Å². The summed E-state index contributed by atoms with van der Waals surface area (Å²) >= 11 is 1.55. The van der Waals surface area contributed by atoms with Crippen LogP contribution in [0.5, 0.6) is 0 Å². The van der Waals surface area contributed by atoms with E-state index in [4.69, 9.17) is 0 Å². The highest BCUT2D eigenvalue weighted by atomic mass is 32.1. The van der Waals surface area contributed by atoms with Gasteiger partial charge in [-0.1, -0.05) is 0 Å². The minimum atomic E-state index is 0.126. The Labute approximate surface area is 107 Å². The van der Waals surface area contributed by atoms with E-state index in [1.807, 2.05) is 0 Å². The highest BCUT2D eigenvalue weighted by Gasteiger charge is 2.27. The molecule has 1 fully saturated rings. The quantitative estimate of drug-likeness (QED) is 0.773. The van der Waals surface area contributed by atoms with Crippen LogP contribution in [0.4, 0.5) is 0 Å². The van der Waals surface area contributed by atoms with Gasteiger partial charge < -0.3 is 0 Å². The summed E-state index contributed by atoms with van der Waals surface area (Å²) < 4.78 is 0. The Morgan fingerprint density at radius 2 is 2.41 bits per heavy atom. The standard InChI is InChI=1S/C13H20N2OS/c1-9(2)15-6-4-5-11(15)7-13-14-8-12(17-13)10(3)16/h8-9,11H,4-7H2,1-3H3. The molecule has 17 heavy (non-hydrogen) atoms. The molecule has 4 heteroatoms. The number of thiazole rings is 1. The van der Waals surface area contributed by atoms with Crippen molar-refractivity contribution in [1.82, 2.24) is 9.88 Å². The van der Waals surface area contributed by atoms with Gasteiger partial charge in [-0.05, 0) is 33.2 Å². The lowest BCUT2D eigenvalue weighted by molar-refractivity contribution is 0.102. The lowest BCUT2D eigenvalue weighted by Gasteiger charge is -2.27. The molecule has 2 heterocycles. The number of carbonyl (C=O) groups excluding carboxylic acids is 1. The fourth-order valence-corrected chi connectivity index (χ4v) is 3.41. The second kappa shape index (κ2) is 5.27. The largest absolute Gasteiger partial charge is 0.298 e. The Bertz CT molecular complexity index is 400. The third-order valence-corrected chi connectivity index (χ3v) is 4.52. The first kappa shape index (κ1) is 12.7. The van der Waals surface area contributed by atoms with Crippen molar-refractivity contribution in [3.05, 3.63) is 16.1 Å². The van der Waals surface area contributed by atoms with Gasteiger partial charge in [0.1, 0.15) is 0 Å². The minimum Gasteiger partial charge on any atom is -0.298 e. The van der Waals surface area contributed by atoms with Crippen molar-refractivity contribution in [2.45, 2.75) is 52.1 Å². The summed E-state index contributed by atoms with van der Waals surface area (Å²) in [6.45, 7) is 7.31. The molecule has 0 radical (unpaired) electrons. The summed E-state index contributed by atoms with van der Waals surface area (Å²) in [7, 11) is 0. The maximum absolute atomic E-state index is 11.2. The van der Waals surface area contributed by atoms with Crippen LogP contribution in [0.1, 0.15) is 48.3 Å². The van der Waals surface area contributed by atoms with Gasteiger partial charge in [0.25, 0.3) is 0 Å². The van der Waals surface area contributed by atoms with Gasteiger partial charge in [-0.2, -0.15) is 0 Å². The van der Waals surface area contributed by atoms with Gasteiger partial charge in [0.15, 0.2) is 5.78 Å². The molecule has 0 aromatic carbocycles. The lowest BCUT2D eigenvalue weighted by Crippen LogP contribution is -2.36. The third-order valence-electron chi connectivity index (χ3n) is 3.40. The first-order chi connectivity index (χ1) is 8.08. The number of rotatable bonds is 4. The van der Waals surface area contributed by atoms with Gasteiger partial charge in [0.05, 0.1) is 9.88 Å². The van der Waals surface area contributed by atoms with E-state index in [9.17, 15) is 4.79 Å². The number of nitrogens with zero attached hydrogens (tertiary/aromatic N) is 2. The van der Waals surface area contributed by atoms with E-state index in [2.05, 4.69) is 23.7 Å². The van der Waals surface area contributed by atoms with Crippen molar-refractivity contribution in [3.63, 3.8) is 0 Å². The van der Waals surface area contributed by atoms with Crippen LogP contribution in [0.25, 0.3) is 0 Å². The summed E-state index contributed by atoms with van der Waals surface area (Å²) in [6.07, 6.45) is 5.26. The van der Waals surface area contributed by atoms with Crippen LogP contribution in [0, 0.1) is 0 Å². The van der Waals surface area contributed by atoms with Gasteiger partial charge in [-0.3, -0.25) is 9.69 Å². The average molecular weight is 252 g/mol. The molecule has 1 atom stereocenters. The molecule has 1 aromatic rings. The predicted octanol–water partition coefficient (Wildman–Crippen LogP) is 2.76. The molecule has 94 valence electrons. The summed E-state index contributed by atoms with van der Waals surface area (Å²) in [5.41, 5.74) is 0. The van der Waals surface area contributed by atoms with Crippen molar-refractivity contribution in [2.24, 2.45) is 0 Å². The minimum absolute atomic E-state index is 0.126. The zero-order valence-electron chi connectivity index (χ0n) is 10.8. The van der Waals surface area contributed by atoms with E-state index in [-0.39, 0.29) is 5.78 Å². The van der Waals surface area contributed by atoms with Crippen molar-refractivity contribution >= 4 is 17.1 Å². The molecular formula is C13H20N2OS. The number of hydrogen-bond acceptors (Lipinski definition) is 4. The molecular weight excluding hydrogens is 232 g/mol. The Balaban J connectivity index is 2.02. The molecule has 1 saturated heterocycles. The molecule has 0 amide bonds. The van der Waals surface area contributed by atoms with Gasteiger partial charge in [-0.15, -0.1) is 11.3 Å². The van der Waals surface area contributed by atoms with Crippen LogP contribution >= 0.6 is 11.3 Å². The maximum atomic E-state index is 11.2. The zero-order chi connectivity index (χ0) is 12.4. The topological polar surface area (TPSA) is 33.2 Å². The average Bonchev–Trinajstić information content (AvgIpc) is 2.86. The Kier molecular flexibility index (Phi) is 3.94. The molecule has 0 saturated carbocycles. The van der Waals surface area contributed by atoms with Crippen LogP contribution in [-0.2, 0) is 6.42 Å². The van der Waals surface area contributed by atoms with Crippen molar-refractivity contribution in [2.75, 3.05) is 6.54 Å². The van der Waals surface area contributed by atoms with Crippen molar-refractivity contribution in [1.29, 1.82) is 0 Å². The van der Waals surface area contributed by atoms with Crippen molar-refractivity contribution < 1.29 is 4.79 Å². The van der Waals surface area contributed by atoms with Crippen LogP contribution < -0.4 is 0 Å². The Morgan fingerprint density at radius 3 is 3.00 bits per heavy atom. The van der Waals surface area contributed by atoms with E-state index >= 15 is 0 Å². The molecule has 0 bridgehead atoms. The van der Waals surface area contributed by atoms with Gasteiger partial charge in [-0.25, -0.2) is 4.98 Å². The van der Waals surface area contributed by atoms with E-state index in [0.29, 0.717) is 12.1 Å². The second-order valence-corrected chi connectivity index (χ2v) is 6.12. The number of aromatic nitrogens is 1. The SMILES string of the molecule is CC(=O)c1cnc(CC2CCCN2C(C)C)s1.